The summed E-state index contributed by atoms with van der Waals surface area (Å²) in [6.45, 7) is 0. The van der Waals surface area contributed by atoms with Crippen molar-refractivity contribution in [3.63, 3.8) is 0 Å². The minimum absolute atomic E-state index is 1.15. The number of hydrogen-bond donors (Lipinski definition) is 0. The van der Waals surface area contributed by atoms with Crippen LogP contribution in [0.1, 0.15) is 0 Å². The topological polar surface area (TPSA) is 3.01 Å². The average Bonchev–Trinajstić information content (AvgIpc) is 2.35. The summed E-state index contributed by atoms with van der Waals surface area (Å²) in [5.41, 5.74) is 2.94. The third-order valence-electron chi connectivity index (χ3n) is 1.84. The molecule has 0 unspecified atom stereocenters. The maximum atomic E-state index is 2.35. The van der Waals surface area contributed by atoms with Gasteiger partial charge in [0.15, 0.2) is 0 Å². The van der Waals surface area contributed by atoms with E-state index in [9.17, 15) is 0 Å². The van der Waals surface area contributed by atoms with Crippen LogP contribution in [0.3, 0.4) is 0 Å². The molecular weight excluding hydrogens is 130 g/mol. The maximum absolute atomic E-state index is 2.35. The van der Waals surface area contributed by atoms with Gasteiger partial charge in [-0.25, -0.2) is 0 Å². The first kappa shape index (κ1) is 4.23. The molecule has 1 aromatic carbocycles. The first-order valence-electron chi connectivity index (χ1n) is 3.00. The van der Waals surface area contributed by atoms with Crippen molar-refractivity contribution in [1.29, 1.82) is 0 Å². The van der Waals surface area contributed by atoms with Crippen molar-refractivity contribution < 1.29 is 0 Å². The molecule has 2 aliphatic rings. The van der Waals surface area contributed by atoms with Crippen LogP contribution in [-0.2, 0) is 0 Å². The molecule has 0 N–H and O–H groups in total. The van der Waals surface area contributed by atoms with Gasteiger partial charge in [-0.2, -0.15) is 0 Å². The highest BCUT2D eigenvalue weighted by molar-refractivity contribution is 8.00. The molecule has 0 spiro atoms. The Kier molecular flexibility index (Phi) is 0.524. The fourth-order valence-electron chi connectivity index (χ4n) is 1.33. The minimum Gasteiger partial charge on any atom is -0.327 e. The lowest BCUT2D eigenvalue weighted by Gasteiger charge is -1.93. The Hall–Kier alpha value is -0.630. The second-order valence-electron chi connectivity index (χ2n) is 2.33. The zero-order valence-electron chi connectivity index (χ0n) is 4.79. The van der Waals surface area contributed by atoms with Crippen LogP contribution in [-0.4, -0.2) is 5.88 Å². The number of nitrogens with zero attached hydrogens (tertiary/aromatic N) is 1. The molecule has 2 heterocycles. The highest BCUT2D eigenvalue weighted by Gasteiger charge is 2.36. The maximum Gasteiger partial charge on any atom is 0.0799 e. The molecule has 0 aliphatic carbocycles. The molecule has 9 heavy (non-hydrogen) atoms. The molecular formula is C7H5NS. The second-order valence-corrected chi connectivity index (χ2v) is 3.31. The van der Waals surface area contributed by atoms with Crippen LogP contribution in [0.5, 0.6) is 0 Å². The Morgan fingerprint density at radius 3 is 3.22 bits per heavy atom. The van der Waals surface area contributed by atoms with Gasteiger partial charge in [0.25, 0.3) is 0 Å². The summed E-state index contributed by atoms with van der Waals surface area (Å²) in [5.74, 6) is 1.15. The van der Waals surface area contributed by atoms with Gasteiger partial charge in [-0.05, 0) is 12.1 Å². The summed E-state index contributed by atoms with van der Waals surface area (Å²) in [7, 11) is 0. The van der Waals surface area contributed by atoms with E-state index < -0.39 is 0 Å². The summed E-state index contributed by atoms with van der Waals surface area (Å²) in [5, 5.41) is 0. The molecule has 2 heteroatoms. The molecule has 0 amide bonds. The number of fused-ring (bicyclic) bond motifs is 1. The van der Waals surface area contributed by atoms with Gasteiger partial charge in [0.05, 0.1) is 17.3 Å². The third kappa shape index (κ3) is 0.358. The van der Waals surface area contributed by atoms with Crippen LogP contribution in [0.15, 0.2) is 23.1 Å². The second kappa shape index (κ2) is 1.12. The monoisotopic (exact) mass is 135 g/mol. The molecule has 44 valence electrons. The van der Waals surface area contributed by atoms with Crippen molar-refractivity contribution in [2.45, 2.75) is 4.90 Å². The number of benzene rings is 1. The van der Waals surface area contributed by atoms with Crippen molar-refractivity contribution in [2.24, 2.45) is 0 Å². The van der Waals surface area contributed by atoms with Crippen LogP contribution < -0.4 is 4.90 Å². The molecule has 0 fully saturated rings. The van der Waals surface area contributed by atoms with Gasteiger partial charge >= 0.3 is 0 Å². The van der Waals surface area contributed by atoms with Crippen molar-refractivity contribution in [3.8, 4) is 0 Å². The van der Waals surface area contributed by atoms with Crippen LogP contribution >= 0.6 is 11.8 Å². The lowest BCUT2D eigenvalue weighted by Crippen LogP contribution is -1.90. The molecule has 1 aromatic rings. The predicted octanol–water partition coefficient (Wildman–Crippen LogP) is 2.20. The Bertz CT molecular complexity index is 282. The fraction of sp³-hybridized carbons (Fsp3) is 0.143. The number of anilines is 2. The number of rotatable bonds is 0. The molecule has 0 radical (unpaired) electrons. The van der Waals surface area contributed by atoms with Gasteiger partial charge in [0, 0.05) is 4.90 Å². The first-order valence-corrected chi connectivity index (χ1v) is 3.99. The average molecular weight is 135 g/mol. The fourth-order valence-corrected chi connectivity index (χ4v) is 2.39. The SMILES string of the molecule is c1cc2c3c(c1)N3CS2. The van der Waals surface area contributed by atoms with E-state index in [1.54, 1.807) is 0 Å². The van der Waals surface area contributed by atoms with E-state index in [2.05, 4.69) is 23.1 Å². The van der Waals surface area contributed by atoms with Crippen LogP contribution in [0, 0.1) is 0 Å². The number of para-hydroxylation sites is 1. The molecule has 0 bridgehead atoms. The highest BCUT2D eigenvalue weighted by Crippen LogP contribution is 2.59. The summed E-state index contributed by atoms with van der Waals surface area (Å²) in [6.07, 6.45) is 0. The van der Waals surface area contributed by atoms with Gasteiger partial charge in [0.2, 0.25) is 0 Å². The standard InChI is InChI=1S/C7H5NS/c1-2-5-7-6(3-1)9-4-8(5)7/h1-3H,4H2. The van der Waals surface area contributed by atoms with E-state index >= 15 is 0 Å². The van der Waals surface area contributed by atoms with Crippen LogP contribution in [0.25, 0.3) is 0 Å². The van der Waals surface area contributed by atoms with Gasteiger partial charge in [0.1, 0.15) is 0 Å². The van der Waals surface area contributed by atoms with E-state index in [1.165, 1.54) is 16.3 Å². The van der Waals surface area contributed by atoms with E-state index in [-0.39, 0.29) is 0 Å². The van der Waals surface area contributed by atoms with E-state index in [0.29, 0.717) is 0 Å². The quantitative estimate of drug-likeness (QED) is 0.501. The van der Waals surface area contributed by atoms with E-state index in [0.717, 1.165) is 5.88 Å². The molecule has 0 saturated heterocycles. The van der Waals surface area contributed by atoms with Gasteiger partial charge in [-0.3, -0.25) is 0 Å². The minimum atomic E-state index is 1.15. The largest absolute Gasteiger partial charge is 0.327 e. The Labute approximate surface area is 57.7 Å². The summed E-state index contributed by atoms with van der Waals surface area (Å²) >= 11 is 1.93. The van der Waals surface area contributed by atoms with Gasteiger partial charge in [-0.15, -0.1) is 11.8 Å². The smallest absolute Gasteiger partial charge is 0.0799 e. The Morgan fingerprint density at radius 1 is 1.44 bits per heavy atom. The molecule has 3 rings (SSSR count). The van der Waals surface area contributed by atoms with Gasteiger partial charge < -0.3 is 4.90 Å². The normalized spacial score (nSPS) is 18.0. The Balaban J connectivity index is 2.41. The molecule has 0 saturated carbocycles. The van der Waals surface area contributed by atoms with E-state index in [4.69, 9.17) is 0 Å². The zero-order valence-corrected chi connectivity index (χ0v) is 5.61. The molecule has 0 aromatic heterocycles. The molecule has 0 atom stereocenters. The molecule has 1 nitrogen and oxygen atoms in total. The van der Waals surface area contributed by atoms with Crippen molar-refractivity contribution in [2.75, 3.05) is 10.8 Å². The predicted molar refractivity (Wildman–Crippen MR) is 39.3 cm³/mol. The van der Waals surface area contributed by atoms with Crippen molar-refractivity contribution in [3.05, 3.63) is 18.2 Å². The van der Waals surface area contributed by atoms with Crippen LogP contribution in [0.2, 0.25) is 0 Å². The Morgan fingerprint density at radius 2 is 2.44 bits per heavy atom. The highest BCUT2D eigenvalue weighted by atomic mass is 32.2. The first-order chi connectivity index (χ1) is 4.47. The van der Waals surface area contributed by atoms with E-state index in [1.807, 2.05) is 11.8 Å². The third-order valence-corrected chi connectivity index (χ3v) is 2.87. The molecule has 2 aliphatic heterocycles. The summed E-state index contributed by atoms with van der Waals surface area (Å²) in [4.78, 5) is 3.81. The van der Waals surface area contributed by atoms with Crippen LogP contribution in [0.4, 0.5) is 11.4 Å². The zero-order chi connectivity index (χ0) is 5.84. The number of hydrogen-bond acceptors (Lipinski definition) is 2. The number of thioether (sulfide) groups is 1. The lowest BCUT2D eigenvalue weighted by atomic mass is 10.4. The lowest BCUT2D eigenvalue weighted by molar-refractivity contribution is 1.38. The van der Waals surface area contributed by atoms with Crippen molar-refractivity contribution >= 4 is 23.1 Å². The van der Waals surface area contributed by atoms with Crippen molar-refractivity contribution in [1.82, 2.24) is 0 Å². The van der Waals surface area contributed by atoms with Gasteiger partial charge in [-0.1, -0.05) is 6.07 Å². The summed E-state index contributed by atoms with van der Waals surface area (Å²) < 4.78 is 0. The summed E-state index contributed by atoms with van der Waals surface area (Å²) in [6, 6.07) is 6.50.